The summed E-state index contributed by atoms with van der Waals surface area (Å²) in [4.78, 5) is 37.6. The maximum Gasteiger partial charge on any atom is 0.337 e. The van der Waals surface area contributed by atoms with E-state index in [9.17, 15) is 14.4 Å². The highest BCUT2D eigenvalue weighted by molar-refractivity contribution is 7.18. The van der Waals surface area contributed by atoms with E-state index < -0.39 is 5.97 Å². The van der Waals surface area contributed by atoms with Crippen LogP contribution in [0.1, 0.15) is 49.1 Å². The van der Waals surface area contributed by atoms with E-state index in [0.717, 1.165) is 16.7 Å². The van der Waals surface area contributed by atoms with Crippen LogP contribution in [0.2, 0.25) is 0 Å². The molecular weight excluding hydrogens is 428 g/mol. The van der Waals surface area contributed by atoms with Crippen molar-refractivity contribution in [3.63, 3.8) is 0 Å². The van der Waals surface area contributed by atoms with Crippen LogP contribution in [0.4, 0.5) is 10.7 Å². The Bertz CT molecular complexity index is 1180. The number of rotatable bonds is 5. The smallest absolute Gasteiger partial charge is 0.337 e. The standard InChI is InChI=1S/C24H22N2O5S/c1-13-20-18(14-4-6-15(7-5-14)24(29)31-3)12-19(27)26-23(20)32-21(13)22(28)25-16-8-10-17(30-2)11-9-16/h4-11,18H,12H2,1-3H3,(H,25,28)(H,26,27)/t18-/m0/s1. The Morgan fingerprint density at radius 2 is 1.75 bits per heavy atom. The second-order valence-electron chi connectivity index (χ2n) is 7.40. The topological polar surface area (TPSA) is 93.7 Å². The number of carbonyl (C=O) groups is 3. The quantitative estimate of drug-likeness (QED) is 0.555. The van der Waals surface area contributed by atoms with Crippen LogP contribution >= 0.6 is 11.3 Å². The Kier molecular flexibility index (Phi) is 5.96. The number of esters is 1. The van der Waals surface area contributed by atoms with Crippen LogP contribution in [0.3, 0.4) is 0 Å². The summed E-state index contributed by atoms with van der Waals surface area (Å²) in [5.41, 5.74) is 3.76. The SMILES string of the molecule is COC(=O)c1ccc([C@@H]2CC(=O)Nc3sc(C(=O)Nc4ccc(OC)cc4)c(C)c32)cc1. The predicted octanol–water partition coefficient (Wildman–Crippen LogP) is 4.58. The number of hydrogen-bond donors (Lipinski definition) is 2. The van der Waals surface area contributed by atoms with Crippen LogP contribution in [-0.2, 0) is 9.53 Å². The van der Waals surface area contributed by atoms with E-state index in [2.05, 4.69) is 10.6 Å². The number of nitrogens with one attached hydrogen (secondary N) is 2. The molecule has 164 valence electrons. The van der Waals surface area contributed by atoms with Crippen LogP contribution in [-0.4, -0.2) is 32.0 Å². The second kappa shape index (κ2) is 8.84. The lowest BCUT2D eigenvalue weighted by Crippen LogP contribution is -2.22. The van der Waals surface area contributed by atoms with Crippen molar-refractivity contribution in [3.8, 4) is 5.75 Å². The Morgan fingerprint density at radius 1 is 1.06 bits per heavy atom. The van der Waals surface area contributed by atoms with Crippen LogP contribution in [0, 0.1) is 6.92 Å². The Morgan fingerprint density at radius 3 is 2.38 bits per heavy atom. The molecule has 4 rings (SSSR count). The van der Waals surface area contributed by atoms with Gasteiger partial charge in [0.15, 0.2) is 0 Å². The summed E-state index contributed by atoms with van der Waals surface area (Å²) in [5.74, 6) is -0.259. The molecule has 2 aromatic carbocycles. The number of amides is 2. The van der Waals surface area contributed by atoms with E-state index in [4.69, 9.17) is 9.47 Å². The lowest BCUT2D eigenvalue weighted by molar-refractivity contribution is -0.116. The minimum Gasteiger partial charge on any atom is -0.497 e. The van der Waals surface area contributed by atoms with Gasteiger partial charge in [-0.05, 0) is 60.0 Å². The highest BCUT2D eigenvalue weighted by Gasteiger charge is 2.33. The molecule has 0 saturated heterocycles. The lowest BCUT2D eigenvalue weighted by Gasteiger charge is -2.24. The fourth-order valence-corrected chi connectivity index (χ4v) is 5.02. The molecule has 0 radical (unpaired) electrons. The summed E-state index contributed by atoms with van der Waals surface area (Å²) in [7, 11) is 2.92. The number of ether oxygens (including phenoxy) is 2. The van der Waals surface area contributed by atoms with Crippen molar-refractivity contribution in [2.24, 2.45) is 0 Å². The van der Waals surface area contributed by atoms with Crippen molar-refractivity contribution in [2.45, 2.75) is 19.3 Å². The molecule has 0 bridgehead atoms. The van der Waals surface area contributed by atoms with Gasteiger partial charge in [0, 0.05) is 18.0 Å². The highest BCUT2D eigenvalue weighted by atomic mass is 32.1. The zero-order valence-electron chi connectivity index (χ0n) is 17.9. The molecule has 1 aliphatic rings. The first-order valence-electron chi connectivity index (χ1n) is 9.98. The van der Waals surface area contributed by atoms with Crippen LogP contribution < -0.4 is 15.4 Å². The zero-order chi connectivity index (χ0) is 22.8. The van der Waals surface area contributed by atoms with E-state index >= 15 is 0 Å². The first-order chi connectivity index (χ1) is 15.4. The molecule has 3 aromatic rings. The number of carbonyl (C=O) groups excluding carboxylic acids is 3. The van der Waals surface area contributed by atoms with Gasteiger partial charge in [0.2, 0.25) is 5.91 Å². The van der Waals surface area contributed by atoms with E-state index in [1.54, 1.807) is 43.5 Å². The Balaban J connectivity index is 1.64. The Labute approximate surface area is 189 Å². The third kappa shape index (κ3) is 4.09. The van der Waals surface area contributed by atoms with Crippen molar-refractivity contribution in [3.05, 3.63) is 75.7 Å². The third-order valence-corrected chi connectivity index (χ3v) is 6.69. The van der Waals surface area contributed by atoms with Gasteiger partial charge in [-0.3, -0.25) is 9.59 Å². The fraction of sp³-hybridized carbons (Fsp3) is 0.208. The summed E-state index contributed by atoms with van der Waals surface area (Å²) in [6.45, 7) is 1.89. The molecule has 1 aliphatic heterocycles. The van der Waals surface area contributed by atoms with Gasteiger partial charge in [0.05, 0.1) is 29.7 Å². The summed E-state index contributed by atoms with van der Waals surface area (Å²) in [5, 5.41) is 6.49. The van der Waals surface area contributed by atoms with E-state index in [-0.39, 0.29) is 24.2 Å². The molecule has 32 heavy (non-hydrogen) atoms. The van der Waals surface area contributed by atoms with Gasteiger partial charge in [-0.15, -0.1) is 11.3 Å². The van der Waals surface area contributed by atoms with Gasteiger partial charge < -0.3 is 20.1 Å². The second-order valence-corrected chi connectivity index (χ2v) is 8.42. The molecule has 0 spiro atoms. The molecule has 8 heteroatoms. The Hall–Kier alpha value is -3.65. The average molecular weight is 451 g/mol. The lowest BCUT2D eigenvalue weighted by atomic mass is 9.84. The van der Waals surface area contributed by atoms with E-state index in [0.29, 0.717) is 26.9 Å². The largest absolute Gasteiger partial charge is 0.497 e. The number of methoxy groups -OCH3 is 2. The minimum atomic E-state index is -0.414. The summed E-state index contributed by atoms with van der Waals surface area (Å²) >= 11 is 1.27. The molecule has 0 fully saturated rings. The van der Waals surface area contributed by atoms with Crippen molar-refractivity contribution in [1.29, 1.82) is 0 Å². The van der Waals surface area contributed by atoms with Crippen molar-refractivity contribution >= 4 is 39.8 Å². The van der Waals surface area contributed by atoms with Gasteiger partial charge in [-0.2, -0.15) is 0 Å². The molecule has 0 aliphatic carbocycles. The van der Waals surface area contributed by atoms with E-state index in [1.165, 1.54) is 18.4 Å². The molecular formula is C24H22N2O5S. The molecule has 0 saturated carbocycles. The molecule has 2 N–H and O–H groups in total. The minimum absolute atomic E-state index is 0.108. The highest BCUT2D eigenvalue weighted by Crippen LogP contribution is 2.45. The van der Waals surface area contributed by atoms with Gasteiger partial charge in [0.25, 0.3) is 5.91 Å². The van der Waals surface area contributed by atoms with Gasteiger partial charge >= 0.3 is 5.97 Å². The monoisotopic (exact) mass is 450 g/mol. The molecule has 2 amide bonds. The number of benzene rings is 2. The molecule has 0 unspecified atom stereocenters. The van der Waals surface area contributed by atoms with E-state index in [1.807, 2.05) is 19.1 Å². The maximum absolute atomic E-state index is 13.0. The average Bonchev–Trinajstić information content (AvgIpc) is 3.14. The third-order valence-electron chi connectivity index (χ3n) is 5.47. The maximum atomic E-state index is 13.0. The van der Waals surface area contributed by atoms with Crippen molar-refractivity contribution in [1.82, 2.24) is 0 Å². The fourth-order valence-electron chi connectivity index (χ4n) is 3.84. The van der Waals surface area contributed by atoms with Crippen LogP contribution in [0.15, 0.2) is 48.5 Å². The summed E-state index contributed by atoms with van der Waals surface area (Å²) in [6.07, 6.45) is 0.266. The normalized spacial score (nSPS) is 14.8. The van der Waals surface area contributed by atoms with Gasteiger partial charge in [-0.25, -0.2) is 4.79 Å². The first-order valence-corrected chi connectivity index (χ1v) is 10.8. The molecule has 2 heterocycles. The number of thiophene rings is 1. The van der Waals surface area contributed by atoms with Gasteiger partial charge in [-0.1, -0.05) is 12.1 Å². The first kappa shape index (κ1) is 21.6. The number of anilines is 2. The summed E-state index contributed by atoms with van der Waals surface area (Å²) < 4.78 is 9.90. The molecule has 7 nitrogen and oxygen atoms in total. The summed E-state index contributed by atoms with van der Waals surface area (Å²) in [6, 6.07) is 14.1. The van der Waals surface area contributed by atoms with Crippen molar-refractivity contribution in [2.75, 3.05) is 24.9 Å². The number of fused-ring (bicyclic) bond motifs is 1. The van der Waals surface area contributed by atoms with Gasteiger partial charge in [0.1, 0.15) is 5.75 Å². The predicted molar refractivity (Wildman–Crippen MR) is 123 cm³/mol. The molecule has 1 atom stereocenters. The molecule has 1 aromatic heterocycles. The zero-order valence-corrected chi connectivity index (χ0v) is 18.7. The van der Waals surface area contributed by atoms with Crippen LogP contribution in [0.5, 0.6) is 5.75 Å². The number of hydrogen-bond acceptors (Lipinski definition) is 6. The van der Waals surface area contributed by atoms with Crippen molar-refractivity contribution < 1.29 is 23.9 Å². The van der Waals surface area contributed by atoms with Crippen LogP contribution in [0.25, 0.3) is 0 Å².